The molecule has 1 aliphatic heterocycles. The highest BCUT2D eigenvalue weighted by atomic mass is 15.2. The summed E-state index contributed by atoms with van der Waals surface area (Å²) in [6.45, 7) is 3.24. The molecule has 0 aromatic carbocycles. The van der Waals surface area contributed by atoms with Gasteiger partial charge in [0.15, 0.2) is 0 Å². The van der Waals surface area contributed by atoms with Gasteiger partial charge in [0, 0.05) is 51.2 Å². The third kappa shape index (κ3) is 2.77. The number of nitrogens with zero attached hydrogens (tertiary/aromatic N) is 5. The molecule has 0 N–H and O–H groups in total. The number of rotatable bonds is 3. The summed E-state index contributed by atoms with van der Waals surface area (Å²) in [6.07, 6.45) is 10.7. The van der Waals surface area contributed by atoms with E-state index in [2.05, 4.69) is 20.9 Å². The Hall–Kier alpha value is -2.01. The molecular weight excluding hydrogens is 298 g/mol. The minimum atomic E-state index is 0.212. The summed E-state index contributed by atoms with van der Waals surface area (Å²) in [5, 5.41) is 0. The number of fused-ring (bicyclic) bond motifs is 2. The van der Waals surface area contributed by atoms with Gasteiger partial charge in [0.25, 0.3) is 0 Å². The van der Waals surface area contributed by atoms with Crippen molar-refractivity contribution in [3.63, 3.8) is 0 Å². The summed E-state index contributed by atoms with van der Waals surface area (Å²) in [7, 11) is 4.03. The molecule has 0 radical (unpaired) electrons. The summed E-state index contributed by atoms with van der Waals surface area (Å²) in [5.41, 5.74) is 4.16. The molecule has 126 valence electrons. The Morgan fingerprint density at radius 2 is 2.17 bits per heavy atom. The van der Waals surface area contributed by atoms with Gasteiger partial charge in [0.05, 0.1) is 5.69 Å². The van der Waals surface area contributed by atoms with E-state index in [0.717, 1.165) is 32.0 Å². The lowest BCUT2D eigenvalue weighted by Gasteiger charge is -2.40. The van der Waals surface area contributed by atoms with Crippen molar-refractivity contribution in [1.82, 2.24) is 19.9 Å². The smallest absolute Gasteiger partial charge is 0.225 e. The Kier molecular flexibility index (Phi) is 3.96. The lowest BCUT2D eigenvalue weighted by molar-refractivity contribution is 0.136. The maximum Gasteiger partial charge on any atom is 0.225 e. The van der Waals surface area contributed by atoms with Crippen molar-refractivity contribution in [2.75, 3.05) is 32.1 Å². The van der Waals surface area contributed by atoms with Crippen LogP contribution in [-0.4, -0.2) is 47.0 Å². The highest BCUT2D eigenvalue weighted by molar-refractivity contribution is 5.39. The van der Waals surface area contributed by atoms with E-state index < -0.39 is 0 Å². The van der Waals surface area contributed by atoms with Crippen molar-refractivity contribution in [1.29, 1.82) is 0 Å². The third-order valence-corrected chi connectivity index (χ3v) is 5.41. The molecule has 1 saturated heterocycles. The van der Waals surface area contributed by atoms with Gasteiger partial charge in [-0.3, -0.25) is 9.88 Å². The van der Waals surface area contributed by atoms with E-state index in [1.54, 1.807) is 0 Å². The molecular formula is C19H25N5. The van der Waals surface area contributed by atoms with Crippen LogP contribution in [0, 0.1) is 0 Å². The fourth-order valence-corrected chi connectivity index (χ4v) is 4.26. The number of anilines is 1. The minimum absolute atomic E-state index is 0.212. The molecule has 0 saturated carbocycles. The first-order valence-electron chi connectivity index (χ1n) is 8.81. The largest absolute Gasteiger partial charge is 0.347 e. The standard InChI is InChI=1S/C19H25N5/c1-23(2)18-21-12-16-6-8-19(17(16)22-18)7-4-10-24(14-19)13-15-5-3-9-20-11-15/h3,5,9,11-12H,4,6-8,10,13-14H2,1-2H3. The minimum Gasteiger partial charge on any atom is -0.347 e. The average Bonchev–Trinajstić information content (AvgIpc) is 2.93. The number of aromatic nitrogens is 3. The first-order chi connectivity index (χ1) is 11.7. The van der Waals surface area contributed by atoms with Crippen LogP contribution in [0.2, 0.25) is 0 Å². The Labute approximate surface area is 143 Å². The Morgan fingerprint density at radius 3 is 2.96 bits per heavy atom. The normalized spacial score (nSPS) is 23.4. The van der Waals surface area contributed by atoms with Crippen molar-refractivity contribution in [3.05, 3.63) is 47.5 Å². The average molecular weight is 323 g/mol. The number of pyridine rings is 1. The molecule has 1 aliphatic carbocycles. The molecule has 2 aromatic rings. The predicted octanol–water partition coefficient (Wildman–Crippen LogP) is 2.42. The van der Waals surface area contributed by atoms with Gasteiger partial charge in [0.2, 0.25) is 5.95 Å². The number of aryl methyl sites for hydroxylation is 1. The van der Waals surface area contributed by atoms with E-state index in [1.165, 1.54) is 36.1 Å². The number of hydrogen-bond donors (Lipinski definition) is 0. The Balaban J connectivity index is 1.59. The van der Waals surface area contributed by atoms with Crippen LogP contribution in [0.4, 0.5) is 5.95 Å². The molecule has 0 bridgehead atoms. The molecule has 1 fully saturated rings. The molecule has 5 nitrogen and oxygen atoms in total. The van der Waals surface area contributed by atoms with Crippen molar-refractivity contribution < 1.29 is 0 Å². The monoisotopic (exact) mass is 323 g/mol. The van der Waals surface area contributed by atoms with Gasteiger partial charge in [0.1, 0.15) is 0 Å². The SMILES string of the molecule is CN(C)c1ncc2c(n1)C1(CCCN(Cc3cccnc3)C1)CC2. The zero-order valence-electron chi connectivity index (χ0n) is 14.6. The molecule has 2 aromatic heterocycles. The second-order valence-corrected chi connectivity index (χ2v) is 7.39. The van der Waals surface area contributed by atoms with E-state index in [-0.39, 0.29) is 5.41 Å². The maximum absolute atomic E-state index is 4.95. The highest BCUT2D eigenvalue weighted by Gasteiger charge is 2.43. The van der Waals surface area contributed by atoms with E-state index in [9.17, 15) is 0 Å². The maximum atomic E-state index is 4.95. The van der Waals surface area contributed by atoms with Gasteiger partial charge in [-0.1, -0.05) is 6.07 Å². The first kappa shape index (κ1) is 15.5. The molecule has 3 heterocycles. The second kappa shape index (κ2) is 6.13. The van der Waals surface area contributed by atoms with Gasteiger partial charge in [-0.05, 0) is 49.4 Å². The van der Waals surface area contributed by atoms with E-state index >= 15 is 0 Å². The van der Waals surface area contributed by atoms with Crippen LogP contribution in [0.1, 0.15) is 36.1 Å². The summed E-state index contributed by atoms with van der Waals surface area (Å²) in [6, 6.07) is 4.19. The molecule has 5 heteroatoms. The summed E-state index contributed by atoms with van der Waals surface area (Å²) in [4.78, 5) is 18.3. The van der Waals surface area contributed by atoms with Crippen LogP contribution in [0.5, 0.6) is 0 Å². The fourth-order valence-electron chi connectivity index (χ4n) is 4.26. The van der Waals surface area contributed by atoms with Gasteiger partial charge < -0.3 is 4.90 Å². The lowest BCUT2D eigenvalue weighted by atomic mass is 9.77. The van der Waals surface area contributed by atoms with Crippen molar-refractivity contribution in [2.24, 2.45) is 0 Å². The van der Waals surface area contributed by atoms with Crippen molar-refractivity contribution in [2.45, 2.75) is 37.6 Å². The molecule has 2 aliphatic rings. The number of likely N-dealkylation sites (tertiary alicyclic amines) is 1. The van der Waals surface area contributed by atoms with E-state index in [1.807, 2.05) is 43.7 Å². The number of hydrogen-bond acceptors (Lipinski definition) is 5. The lowest BCUT2D eigenvalue weighted by Crippen LogP contribution is -2.45. The Bertz CT molecular complexity index is 711. The van der Waals surface area contributed by atoms with E-state index in [4.69, 9.17) is 4.98 Å². The van der Waals surface area contributed by atoms with Crippen LogP contribution in [0.3, 0.4) is 0 Å². The van der Waals surface area contributed by atoms with E-state index in [0.29, 0.717) is 0 Å². The van der Waals surface area contributed by atoms with Gasteiger partial charge >= 0.3 is 0 Å². The zero-order chi connectivity index (χ0) is 16.6. The topological polar surface area (TPSA) is 45.2 Å². The molecule has 1 atom stereocenters. The Morgan fingerprint density at radius 1 is 1.25 bits per heavy atom. The molecule has 4 rings (SSSR count). The van der Waals surface area contributed by atoms with Crippen molar-refractivity contribution >= 4 is 5.95 Å². The number of piperidine rings is 1. The molecule has 1 spiro atoms. The zero-order valence-corrected chi connectivity index (χ0v) is 14.6. The quantitative estimate of drug-likeness (QED) is 0.868. The summed E-state index contributed by atoms with van der Waals surface area (Å²) < 4.78 is 0. The van der Waals surface area contributed by atoms with Crippen LogP contribution in [0.15, 0.2) is 30.7 Å². The molecule has 24 heavy (non-hydrogen) atoms. The van der Waals surface area contributed by atoms with Gasteiger partial charge in [-0.25, -0.2) is 9.97 Å². The fraction of sp³-hybridized carbons (Fsp3) is 0.526. The van der Waals surface area contributed by atoms with Crippen molar-refractivity contribution in [3.8, 4) is 0 Å². The van der Waals surface area contributed by atoms with Crippen LogP contribution < -0.4 is 4.90 Å². The third-order valence-electron chi connectivity index (χ3n) is 5.41. The van der Waals surface area contributed by atoms with Crippen LogP contribution in [-0.2, 0) is 18.4 Å². The highest BCUT2D eigenvalue weighted by Crippen LogP contribution is 2.44. The second-order valence-electron chi connectivity index (χ2n) is 7.39. The molecule has 0 amide bonds. The first-order valence-corrected chi connectivity index (χ1v) is 8.81. The predicted molar refractivity (Wildman–Crippen MR) is 95.1 cm³/mol. The van der Waals surface area contributed by atoms with Gasteiger partial charge in [-0.15, -0.1) is 0 Å². The summed E-state index contributed by atoms with van der Waals surface area (Å²) >= 11 is 0. The van der Waals surface area contributed by atoms with Crippen LogP contribution >= 0.6 is 0 Å². The summed E-state index contributed by atoms with van der Waals surface area (Å²) in [5.74, 6) is 0.833. The van der Waals surface area contributed by atoms with Crippen LogP contribution in [0.25, 0.3) is 0 Å². The van der Waals surface area contributed by atoms with Gasteiger partial charge in [-0.2, -0.15) is 0 Å². The molecule has 1 unspecified atom stereocenters.